The zero-order chi connectivity index (χ0) is 18.8. The average Bonchev–Trinajstić information content (AvgIpc) is 2.98. The van der Waals surface area contributed by atoms with E-state index >= 15 is 0 Å². The van der Waals surface area contributed by atoms with Crippen LogP contribution in [0.3, 0.4) is 0 Å². The third-order valence-corrected chi connectivity index (χ3v) is 5.47. The Kier molecular flexibility index (Phi) is 5.08. The molecule has 7 heteroatoms. The van der Waals surface area contributed by atoms with Gasteiger partial charge in [0.1, 0.15) is 5.00 Å². The molecule has 1 aliphatic rings. The monoisotopic (exact) mass is 372 g/mol. The van der Waals surface area contributed by atoms with Crippen LogP contribution in [0.5, 0.6) is 0 Å². The van der Waals surface area contributed by atoms with Gasteiger partial charge in [0.15, 0.2) is 0 Å². The Bertz CT molecular complexity index is 858. The van der Waals surface area contributed by atoms with Crippen LogP contribution >= 0.6 is 11.3 Å². The Morgan fingerprint density at radius 1 is 1.19 bits per heavy atom. The first kappa shape index (κ1) is 18.1. The van der Waals surface area contributed by atoms with Crippen molar-refractivity contribution >= 4 is 34.1 Å². The van der Waals surface area contributed by atoms with Crippen molar-refractivity contribution in [2.75, 3.05) is 11.9 Å². The number of anilines is 1. The molecular weight excluding hydrogens is 352 g/mol. The summed E-state index contributed by atoms with van der Waals surface area (Å²) in [4.78, 5) is 39.0. The first-order valence-electron chi connectivity index (χ1n) is 8.41. The fourth-order valence-corrected chi connectivity index (χ4v) is 4.29. The Balaban J connectivity index is 1.89. The lowest BCUT2D eigenvalue weighted by atomic mass is 10.0. The van der Waals surface area contributed by atoms with Gasteiger partial charge in [0.2, 0.25) is 5.91 Å². The molecule has 0 saturated heterocycles. The number of nitrogens with one attached hydrogen (secondary N) is 1. The molecule has 2 heterocycles. The lowest BCUT2D eigenvalue weighted by molar-refractivity contribution is -0.135. The van der Waals surface area contributed by atoms with E-state index in [1.807, 2.05) is 19.9 Å². The number of hydrogen-bond acceptors (Lipinski definition) is 4. The number of carboxylic acid groups (broad SMARTS) is 1. The fraction of sp³-hybridized carbons (Fsp3) is 0.316. The molecule has 1 aliphatic heterocycles. The van der Waals surface area contributed by atoms with Crippen LogP contribution in [0.1, 0.15) is 45.0 Å². The van der Waals surface area contributed by atoms with E-state index in [0.717, 1.165) is 10.4 Å². The summed E-state index contributed by atoms with van der Waals surface area (Å²) in [6.07, 6.45) is 0.479. The van der Waals surface area contributed by atoms with Crippen molar-refractivity contribution in [2.45, 2.75) is 26.8 Å². The molecule has 3 rings (SSSR count). The number of fused-ring (bicyclic) bond motifs is 1. The first-order chi connectivity index (χ1) is 12.4. The predicted octanol–water partition coefficient (Wildman–Crippen LogP) is 3.24. The van der Waals surface area contributed by atoms with Crippen LogP contribution in [0.4, 0.5) is 5.00 Å². The highest BCUT2D eigenvalue weighted by Crippen LogP contribution is 2.37. The molecule has 0 fully saturated rings. The molecule has 0 radical (unpaired) electrons. The van der Waals surface area contributed by atoms with E-state index in [1.54, 1.807) is 29.2 Å². The summed E-state index contributed by atoms with van der Waals surface area (Å²) in [5.41, 5.74) is 1.33. The molecule has 2 N–H and O–H groups in total. The number of carbonyl (C=O) groups excluding carboxylic acids is 2. The van der Waals surface area contributed by atoms with Gasteiger partial charge in [-0.3, -0.25) is 9.59 Å². The second kappa shape index (κ2) is 7.29. The second-order valence-electron chi connectivity index (χ2n) is 6.50. The smallest absolute Gasteiger partial charge is 0.339 e. The average molecular weight is 372 g/mol. The summed E-state index contributed by atoms with van der Waals surface area (Å²) in [6, 6.07) is 8.66. The van der Waals surface area contributed by atoms with Gasteiger partial charge in [0, 0.05) is 22.9 Å². The van der Waals surface area contributed by atoms with Crippen molar-refractivity contribution in [3.63, 3.8) is 0 Å². The normalized spacial score (nSPS) is 13.4. The van der Waals surface area contributed by atoms with E-state index in [1.165, 1.54) is 11.3 Å². The molecule has 136 valence electrons. The van der Waals surface area contributed by atoms with Crippen LogP contribution in [-0.2, 0) is 17.8 Å². The van der Waals surface area contributed by atoms with Gasteiger partial charge in [0.25, 0.3) is 5.91 Å². The maximum Gasteiger partial charge on any atom is 0.339 e. The zero-order valence-corrected chi connectivity index (χ0v) is 15.4. The Morgan fingerprint density at radius 3 is 2.50 bits per heavy atom. The van der Waals surface area contributed by atoms with Crippen molar-refractivity contribution in [1.82, 2.24) is 4.90 Å². The third kappa shape index (κ3) is 3.48. The molecule has 0 saturated carbocycles. The Labute approximate surface area is 155 Å². The number of benzene rings is 1. The van der Waals surface area contributed by atoms with Gasteiger partial charge in [-0.15, -0.1) is 11.3 Å². The summed E-state index contributed by atoms with van der Waals surface area (Å²) < 4.78 is 0. The molecule has 2 amide bonds. The Hall–Kier alpha value is -2.67. The van der Waals surface area contributed by atoms with Crippen LogP contribution in [-0.4, -0.2) is 34.3 Å². The van der Waals surface area contributed by atoms with Gasteiger partial charge in [-0.25, -0.2) is 4.79 Å². The van der Waals surface area contributed by atoms with Gasteiger partial charge in [-0.1, -0.05) is 32.0 Å². The van der Waals surface area contributed by atoms with Crippen LogP contribution in [0, 0.1) is 5.92 Å². The SMILES string of the molecule is CC(C)C(=O)N1CCc2c(sc(NC(=O)c3ccccc3)c2C(=O)O)C1. The molecule has 1 aromatic heterocycles. The summed E-state index contributed by atoms with van der Waals surface area (Å²) in [6.45, 7) is 4.58. The Morgan fingerprint density at radius 2 is 1.88 bits per heavy atom. The molecule has 0 unspecified atom stereocenters. The molecule has 1 aromatic carbocycles. The fourth-order valence-electron chi connectivity index (χ4n) is 3.04. The van der Waals surface area contributed by atoms with Crippen molar-refractivity contribution in [3.05, 3.63) is 51.9 Å². The molecule has 0 spiro atoms. The molecule has 0 atom stereocenters. The number of nitrogens with zero attached hydrogens (tertiary/aromatic N) is 1. The van der Waals surface area contributed by atoms with E-state index in [9.17, 15) is 19.5 Å². The van der Waals surface area contributed by atoms with Crippen LogP contribution in [0.25, 0.3) is 0 Å². The minimum atomic E-state index is -1.06. The number of aromatic carboxylic acids is 1. The topological polar surface area (TPSA) is 86.7 Å². The minimum absolute atomic E-state index is 0.0517. The van der Waals surface area contributed by atoms with E-state index < -0.39 is 5.97 Å². The second-order valence-corrected chi connectivity index (χ2v) is 7.60. The van der Waals surface area contributed by atoms with Gasteiger partial charge in [-0.05, 0) is 24.1 Å². The first-order valence-corrected chi connectivity index (χ1v) is 9.23. The van der Waals surface area contributed by atoms with Crippen molar-refractivity contribution < 1.29 is 19.5 Å². The van der Waals surface area contributed by atoms with Gasteiger partial charge in [0.05, 0.1) is 12.1 Å². The molecule has 2 aromatic rings. The highest BCUT2D eigenvalue weighted by Gasteiger charge is 2.30. The minimum Gasteiger partial charge on any atom is -0.478 e. The highest BCUT2D eigenvalue weighted by molar-refractivity contribution is 7.17. The number of amides is 2. The summed E-state index contributed by atoms with van der Waals surface area (Å²) in [7, 11) is 0. The van der Waals surface area contributed by atoms with E-state index in [-0.39, 0.29) is 23.3 Å². The molecule has 0 aliphatic carbocycles. The van der Waals surface area contributed by atoms with Crippen LogP contribution in [0.2, 0.25) is 0 Å². The number of rotatable bonds is 4. The van der Waals surface area contributed by atoms with Crippen LogP contribution < -0.4 is 5.32 Å². The largest absolute Gasteiger partial charge is 0.478 e. The van der Waals surface area contributed by atoms with E-state index in [0.29, 0.717) is 30.1 Å². The molecular formula is C19H20N2O4S. The predicted molar refractivity (Wildman–Crippen MR) is 99.6 cm³/mol. The molecule has 0 bridgehead atoms. The summed E-state index contributed by atoms with van der Waals surface area (Å²) in [5.74, 6) is -1.46. The number of hydrogen-bond donors (Lipinski definition) is 2. The quantitative estimate of drug-likeness (QED) is 0.863. The zero-order valence-electron chi connectivity index (χ0n) is 14.6. The maximum atomic E-state index is 12.4. The number of thiophene rings is 1. The number of carbonyl (C=O) groups is 3. The standard InChI is InChI=1S/C19H20N2O4S/c1-11(2)18(23)21-9-8-13-14(10-21)26-17(15(13)19(24)25)20-16(22)12-6-4-3-5-7-12/h3-7,11H,8-10H2,1-2H3,(H,20,22)(H,24,25). The van der Waals surface area contributed by atoms with Gasteiger partial charge < -0.3 is 15.3 Å². The van der Waals surface area contributed by atoms with Gasteiger partial charge in [-0.2, -0.15) is 0 Å². The van der Waals surface area contributed by atoms with Gasteiger partial charge >= 0.3 is 5.97 Å². The highest BCUT2D eigenvalue weighted by atomic mass is 32.1. The van der Waals surface area contributed by atoms with Crippen molar-refractivity contribution in [2.24, 2.45) is 5.92 Å². The third-order valence-electron chi connectivity index (χ3n) is 4.34. The van der Waals surface area contributed by atoms with Crippen molar-refractivity contribution in [1.29, 1.82) is 0 Å². The van der Waals surface area contributed by atoms with Crippen LogP contribution in [0.15, 0.2) is 30.3 Å². The van der Waals surface area contributed by atoms with Crippen molar-refractivity contribution in [3.8, 4) is 0 Å². The molecule has 26 heavy (non-hydrogen) atoms. The summed E-state index contributed by atoms with van der Waals surface area (Å²) >= 11 is 1.24. The number of carboxylic acids is 1. The van der Waals surface area contributed by atoms with E-state index in [4.69, 9.17) is 0 Å². The lowest BCUT2D eigenvalue weighted by Gasteiger charge is -2.28. The van der Waals surface area contributed by atoms with E-state index in [2.05, 4.69) is 5.32 Å². The maximum absolute atomic E-state index is 12.4. The molecule has 6 nitrogen and oxygen atoms in total. The summed E-state index contributed by atoms with van der Waals surface area (Å²) in [5, 5.41) is 12.7. The lowest BCUT2D eigenvalue weighted by Crippen LogP contribution is -2.38.